The van der Waals surface area contributed by atoms with Gasteiger partial charge < -0.3 is 9.13 Å². The van der Waals surface area contributed by atoms with E-state index in [1.807, 2.05) is 91.1 Å². The first-order valence-electron chi connectivity index (χ1n) is 16.1. The van der Waals surface area contributed by atoms with Crippen molar-refractivity contribution in [1.82, 2.24) is 14.1 Å². The fraction of sp³-hybridized carbons (Fsp3) is 0. The van der Waals surface area contributed by atoms with Crippen LogP contribution in [0.2, 0.25) is 0 Å². The molecule has 6 heteroatoms. The van der Waals surface area contributed by atoms with Crippen molar-refractivity contribution in [3.63, 3.8) is 0 Å². The van der Waals surface area contributed by atoms with Gasteiger partial charge in [0.05, 0.1) is 47.0 Å². The van der Waals surface area contributed by atoms with Gasteiger partial charge in [-0.25, -0.2) is 9.69 Å². The number of nitriles is 1. The molecule has 6 aromatic carbocycles. The molecule has 0 aliphatic rings. The second-order valence-electron chi connectivity index (χ2n) is 12.2. The molecule has 0 spiro atoms. The lowest BCUT2D eigenvalue weighted by molar-refractivity contribution is 1.17. The molecule has 0 saturated heterocycles. The smallest absolute Gasteiger partial charge is 0.189 e. The second-order valence-corrected chi connectivity index (χ2v) is 12.2. The Bertz CT molecular complexity index is 2960. The van der Waals surface area contributed by atoms with Crippen LogP contribution in [0.3, 0.4) is 0 Å². The lowest BCUT2D eigenvalue weighted by Gasteiger charge is -2.15. The van der Waals surface area contributed by atoms with Crippen LogP contribution in [0.4, 0.5) is 11.4 Å². The number of fused-ring (bicyclic) bond motifs is 6. The molecule has 0 N–H and O–H groups in total. The standard InChI is InChI=1S/C44H24N6/c1-46-31-16-18-36-34-10-3-6-13-41(34)50(43(36)24-31)44-25-32(47-2)17-19-37(44)39-20-15-30(27-48-39)29-8-7-9-33(23-29)49-40-12-5-4-11-35(40)38-22-28(26-45)14-21-42(38)49/h3-25,27H. The molecule has 0 aliphatic heterocycles. The zero-order valence-corrected chi connectivity index (χ0v) is 26.5. The normalized spacial score (nSPS) is 11.1. The maximum atomic E-state index is 9.55. The molecule has 0 atom stereocenters. The lowest BCUT2D eigenvalue weighted by atomic mass is 10.0. The van der Waals surface area contributed by atoms with E-state index < -0.39 is 0 Å². The van der Waals surface area contributed by atoms with Gasteiger partial charge in [0.1, 0.15) is 0 Å². The van der Waals surface area contributed by atoms with Crippen LogP contribution in [0.15, 0.2) is 146 Å². The van der Waals surface area contributed by atoms with Gasteiger partial charge >= 0.3 is 0 Å². The molecule has 0 unspecified atom stereocenters. The summed E-state index contributed by atoms with van der Waals surface area (Å²) in [6.45, 7) is 15.4. The van der Waals surface area contributed by atoms with Crippen molar-refractivity contribution < 1.29 is 0 Å². The van der Waals surface area contributed by atoms with Crippen LogP contribution in [-0.4, -0.2) is 14.1 Å². The van der Waals surface area contributed by atoms with Crippen molar-refractivity contribution in [2.75, 3.05) is 0 Å². The van der Waals surface area contributed by atoms with E-state index in [0.29, 0.717) is 16.9 Å². The fourth-order valence-electron chi connectivity index (χ4n) is 7.15. The number of hydrogen-bond donors (Lipinski definition) is 0. The van der Waals surface area contributed by atoms with E-state index in [2.05, 4.69) is 79.5 Å². The second kappa shape index (κ2) is 11.4. The number of nitrogens with zero attached hydrogens (tertiary/aromatic N) is 6. The zero-order valence-electron chi connectivity index (χ0n) is 26.5. The van der Waals surface area contributed by atoms with E-state index >= 15 is 0 Å². The van der Waals surface area contributed by atoms with Crippen LogP contribution in [0.1, 0.15) is 5.56 Å². The Labute approximate surface area is 287 Å². The van der Waals surface area contributed by atoms with Gasteiger partial charge in [-0.1, -0.05) is 78.9 Å². The van der Waals surface area contributed by atoms with E-state index in [0.717, 1.165) is 77.4 Å². The molecule has 6 nitrogen and oxygen atoms in total. The van der Waals surface area contributed by atoms with Gasteiger partial charge in [0.25, 0.3) is 0 Å². The Hall–Kier alpha value is -7.46. The summed E-state index contributed by atoms with van der Waals surface area (Å²) >= 11 is 0. The predicted molar refractivity (Wildman–Crippen MR) is 201 cm³/mol. The van der Waals surface area contributed by atoms with Gasteiger partial charge in [-0.2, -0.15) is 5.26 Å². The summed E-state index contributed by atoms with van der Waals surface area (Å²) in [5, 5.41) is 13.8. The van der Waals surface area contributed by atoms with Gasteiger partial charge in [0.2, 0.25) is 0 Å². The maximum absolute atomic E-state index is 9.55. The Morgan fingerprint density at radius 2 is 1.24 bits per heavy atom. The maximum Gasteiger partial charge on any atom is 0.189 e. The first-order valence-corrected chi connectivity index (χ1v) is 16.1. The van der Waals surface area contributed by atoms with Gasteiger partial charge in [-0.15, -0.1) is 0 Å². The number of para-hydroxylation sites is 2. The van der Waals surface area contributed by atoms with E-state index in [-0.39, 0.29) is 0 Å². The van der Waals surface area contributed by atoms with Crippen molar-refractivity contribution in [1.29, 1.82) is 5.26 Å². The predicted octanol–water partition coefficient (Wildman–Crippen LogP) is 11.6. The van der Waals surface area contributed by atoms with Gasteiger partial charge in [-0.3, -0.25) is 4.98 Å². The van der Waals surface area contributed by atoms with Crippen molar-refractivity contribution in [3.05, 3.63) is 174 Å². The fourth-order valence-corrected chi connectivity index (χ4v) is 7.15. The molecule has 50 heavy (non-hydrogen) atoms. The van der Waals surface area contributed by atoms with Crippen molar-refractivity contribution in [3.8, 4) is 39.8 Å². The van der Waals surface area contributed by atoms with Crippen LogP contribution in [0, 0.1) is 24.5 Å². The summed E-state index contributed by atoms with van der Waals surface area (Å²) in [7, 11) is 0. The highest BCUT2D eigenvalue weighted by atomic mass is 15.0. The van der Waals surface area contributed by atoms with E-state index in [4.69, 9.17) is 18.1 Å². The van der Waals surface area contributed by atoms with E-state index in [1.54, 1.807) is 0 Å². The third kappa shape index (κ3) is 4.44. The topological polar surface area (TPSA) is 55.3 Å². The Balaban J connectivity index is 1.17. The molecule has 0 fully saturated rings. The summed E-state index contributed by atoms with van der Waals surface area (Å²) in [6, 6.07) is 48.6. The molecule has 9 rings (SSSR count). The van der Waals surface area contributed by atoms with Crippen LogP contribution in [0.25, 0.3) is 87.1 Å². The summed E-state index contributed by atoms with van der Waals surface area (Å²) in [4.78, 5) is 12.4. The Morgan fingerprint density at radius 3 is 2.00 bits per heavy atom. The largest absolute Gasteiger partial charge is 0.311 e. The van der Waals surface area contributed by atoms with Crippen molar-refractivity contribution in [2.24, 2.45) is 0 Å². The average molecular weight is 637 g/mol. The molecule has 230 valence electrons. The SMILES string of the molecule is [C-]#[N+]c1ccc(-c2ccc(-c3cccc(-n4c5ccccc5c5cc(C#N)ccc54)c3)cn2)c(-n2c3ccccc3c3ccc([N+]#[C-])cc32)c1. The Morgan fingerprint density at radius 1 is 0.540 bits per heavy atom. The molecular formula is C44H24N6. The molecule has 3 heterocycles. The summed E-state index contributed by atoms with van der Waals surface area (Å²) in [6.07, 6.45) is 1.90. The molecule has 0 saturated carbocycles. The van der Waals surface area contributed by atoms with Crippen LogP contribution >= 0.6 is 0 Å². The van der Waals surface area contributed by atoms with Gasteiger partial charge in [0, 0.05) is 55.8 Å². The molecular weight excluding hydrogens is 613 g/mol. The molecule has 0 amide bonds. The van der Waals surface area contributed by atoms with E-state index in [1.165, 1.54) is 0 Å². The highest BCUT2D eigenvalue weighted by Crippen LogP contribution is 2.39. The van der Waals surface area contributed by atoms with Crippen LogP contribution in [0.5, 0.6) is 0 Å². The first kappa shape index (κ1) is 28.7. The number of rotatable bonds is 4. The molecule has 3 aromatic heterocycles. The van der Waals surface area contributed by atoms with Crippen molar-refractivity contribution >= 4 is 55.0 Å². The van der Waals surface area contributed by atoms with Crippen molar-refractivity contribution in [2.45, 2.75) is 0 Å². The van der Waals surface area contributed by atoms with Gasteiger partial charge in [0.15, 0.2) is 11.4 Å². The molecule has 0 aliphatic carbocycles. The summed E-state index contributed by atoms with van der Waals surface area (Å²) in [5.41, 5.74) is 11.3. The quantitative estimate of drug-likeness (QED) is 0.181. The minimum Gasteiger partial charge on any atom is -0.311 e. The third-order valence-electron chi connectivity index (χ3n) is 9.42. The van der Waals surface area contributed by atoms with Crippen LogP contribution < -0.4 is 0 Å². The van der Waals surface area contributed by atoms with Gasteiger partial charge in [-0.05, 0) is 66.2 Å². The number of aromatic nitrogens is 3. The van der Waals surface area contributed by atoms with Crippen LogP contribution in [-0.2, 0) is 0 Å². The highest BCUT2D eigenvalue weighted by molar-refractivity contribution is 6.11. The molecule has 9 aromatic rings. The lowest BCUT2D eigenvalue weighted by Crippen LogP contribution is -1.98. The highest BCUT2D eigenvalue weighted by Gasteiger charge is 2.18. The minimum atomic E-state index is 0.526. The summed E-state index contributed by atoms with van der Waals surface area (Å²) < 4.78 is 4.39. The number of pyridine rings is 1. The average Bonchev–Trinajstić information content (AvgIpc) is 3.69. The summed E-state index contributed by atoms with van der Waals surface area (Å²) in [5.74, 6) is 0. The first-order chi connectivity index (χ1) is 24.6. The number of benzene rings is 6. The zero-order chi connectivity index (χ0) is 33.8. The van der Waals surface area contributed by atoms with E-state index in [9.17, 15) is 5.26 Å². The molecule has 0 radical (unpaired) electrons. The Kier molecular flexibility index (Phi) is 6.53. The number of hydrogen-bond acceptors (Lipinski definition) is 2. The monoisotopic (exact) mass is 636 g/mol. The third-order valence-corrected chi connectivity index (χ3v) is 9.42. The minimum absolute atomic E-state index is 0.526. The molecule has 0 bridgehead atoms.